The van der Waals surface area contributed by atoms with Crippen LogP contribution >= 0.6 is 12.4 Å². The molecule has 1 unspecified atom stereocenters. The van der Waals surface area contributed by atoms with Crippen LogP contribution in [0.15, 0.2) is 42.5 Å². The van der Waals surface area contributed by atoms with E-state index in [2.05, 4.69) is 22.2 Å². The second-order valence-electron chi connectivity index (χ2n) is 7.83. The van der Waals surface area contributed by atoms with Crippen LogP contribution in [-0.2, 0) is 11.3 Å². The van der Waals surface area contributed by atoms with Crippen molar-refractivity contribution in [2.75, 3.05) is 45.2 Å². The van der Waals surface area contributed by atoms with Gasteiger partial charge in [0.15, 0.2) is 6.04 Å². The quantitative estimate of drug-likeness (QED) is 0.335. The first kappa shape index (κ1) is 25.5. The fourth-order valence-electron chi connectivity index (χ4n) is 3.66. The predicted octanol–water partition coefficient (Wildman–Crippen LogP) is 2.78. The van der Waals surface area contributed by atoms with Crippen molar-refractivity contribution >= 4 is 29.9 Å². The van der Waals surface area contributed by atoms with Gasteiger partial charge in [-0.1, -0.05) is 6.07 Å². The highest BCUT2D eigenvalue weighted by atomic mass is 35.5. The molecule has 8 nitrogen and oxygen atoms in total. The number of hydrogen-bond donors (Lipinski definition) is 4. The Kier molecular flexibility index (Phi) is 9.31. The van der Waals surface area contributed by atoms with Crippen LogP contribution in [0.1, 0.15) is 29.7 Å². The van der Waals surface area contributed by atoms with Crippen LogP contribution in [0.5, 0.6) is 5.75 Å². The van der Waals surface area contributed by atoms with Crippen molar-refractivity contribution in [3.05, 3.63) is 59.2 Å². The number of nitrogens with two attached hydrogens (primary N) is 1. The number of piperazine rings is 1. The van der Waals surface area contributed by atoms with E-state index in [0.29, 0.717) is 29.2 Å². The number of carboxylic acid groups (broad SMARTS) is 1. The topological polar surface area (TPSA) is 115 Å². The number of rotatable bonds is 9. The third-order valence-corrected chi connectivity index (χ3v) is 5.39. The molecule has 0 amide bonds. The number of likely N-dealkylation sites (N-methyl/N-ethyl adjacent to an activating group) is 1. The van der Waals surface area contributed by atoms with Crippen molar-refractivity contribution < 1.29 is 14.6 Å². The fourth-order valence-corrected chi connectivity index (χ4v) is 3.66. The first-order valence-corrected chi connectivity index (χ1v) is 10.5. The molecule has 9 heteroatoms. The summed E-state index contributed by atoms with van der Waals surface area (Å²) in [4.78, 5) is 16.8. The molecular formula is C23H32ClN5O3. The van der Waals surface area contributed by atoms with Gasteiger partial charge in [0.05, 0.1) is 6.61 Å². The molecule has 1 fully saturated rings. The maximum Gasteiger partial charge on any atom is 0.330 e. The lowest BCUT2D eigenvalue weighted by Gasteiger charge is -2.32. The predicted molar refractivity (Wildman–Crippen MR) is 129 cm³/mol. The molecule has 1 aliphatic rings. The summed E-state index contributed by atoms with van der Waals surface area (Å²) in [5, 5.41) is 20.5. The minimum Gasteiger partial charge on any atom is -0.494 e. The number of nitrogens with one attached hydrogen (secondary N) is 2. The van der Waals surface area contributed by atoms with Crippen molar-refractivity contribution in [2.24, 2.45) is 5.73 Å². The van der Waals surface area contributed by atoms with Crippen LogP contribution in [0.2, 0.25) is 0 Å². The molecule has 1 atom stereocenters. The summed E-state index contributed by atoms with van der Waals surface area (Å²) in [6.45, 7) is 7.18. The minimum atomic E-state index is -0.977. The lowest BCUT2D eigenvalue weighted by molar-refractivity contribution is -0.138. The van der Waals surface area contributed by atoms with Gasteiger partial charge < -0.3 is 25.8 Å². The van der Waals surface area contributed by atoms with E-state index in [-0.39, 0.29) is 18.2 Å². The number of halogens is 1. The van der Waals surface area contributed by atoms with E-state index in [1.165, 1.54) is 0 Å². The molecule has 2 aromatic rings. The molecular weight excluding hydrogens is 430 g/mol. The third kappa shape index (κ3) is 6.85. The Hall–Kier alpha value is -2.81. The average Bonchev–Trinajstić information content (AvgIpc) is 2.74. The zero-order valence-electron chi connectivity index (χ0n) is 18.5. The van der Waals surface area contributed by atoms with Crippen LogP contribution in [0.25, 0.3) is 0 Å². The van der Waals surface area contributed by atoms with Crippen molar-refractivity contribution in [1.29, 1.82) is 5.41 Å². The summed E-state index contributed by atoms with van der Waals surface area (Å²) in [6.07, 6.45) is 0. The molecule has 0 saturated carbocycles. The number of nitrogens with zero attached hydrogens (tertiary/aromatic N) is 2. The van der Waals surface area contributed by atoms with E-state index in [0.717, 1.165) is 38.3 Å². The number of carboxylic acids is 1. The average molecular weight is 462 g/mol. The maximum atomic E-state index is 12.1. The largest absolute Gasteiger partial charge is 0.494 e. The molecule has 3 rings (SSSR count). The van der Waals surface area contributed by atoms with Gasteiger partial charge in [-0.05, 0) is 61.5 Å². The van der Waals surface area contributed by atoms with Gasteiger partial charge in [0, 0.05) is 44.0 Å². The van der Waals surface area contributed by atoms with E-state index in [1.54, 1.807) is 30.3 Å². The van der Waals surface area contributed by atoms with Crippen molar-refractivity contribution in [3.8, 4) is 5.75 Å². The molecule has 5 N–H and O–H groups in total. The second kappa shape index (κ2) is 11.7. The van der Waals surface area contributed by atoms with E-state index >= 15 is 0 Å². The zero-order valence-corrected chi connectivity index (χ0v) is 19.3. The SMILES string of the molecule is CCOc1cc(CN2CCN(C)CC2)cc(C(Nc2ccc(C(=N)N)cc2)C(=O)O)c1.Cl. The van der Waals surface area contributed by atoms with Crippen LogP contribution < -0.4 is 15.8 Å². The Balaban J connectivity index is 0.00000363. The Morgan fingerprint density at radius 3 is 2.41 bits per heavy atom. The van der Waals surface area contributed by atoms with Crippen molar-refractivity contribution in [2.45, 2.75) is 19.5 Å². The van der Waals surface area contributed by atoms with E-state index in [9.17, 15) is 9.90 Å². The van der Waals surface area contributed by atoms with Crippen LogP contribution in [0, 0.1) is 5.41 Å². The Morgan fingerprint density at radius 2 is 1.84 bits per heavy atom. The number of nitrogen functional groups attached to an aromatic ring is 1. The molecule has 1 saturated heterocycles. The highest BCUT2D eigenvalue weighted by Crippen LogP contribution is 2.27. The first-order valence-electron chi connectivity index (χ1n) is 10.5. The summed E-state index contributed by atoms with van der Waals surface area (Å²) in [5.74, 6) is -0.335. The van der Waals surface area contributed by atoms with E-state index < -0.39 is 12.0 Å². The number of aliphatic carboxylic acids is 1. The smallest absolute Gasteiger partial charge is 0.330 e. The summed E-state index contributed by atoms with van der Waals surface area (Å²) in [5.41, 5.74) is 8.40. The van der Waals surface area contributed by atoms with Crippen LogP contribution in [0.4, 0.5) is 5.69 Å². The molecule has 1 aliphatic heterocycles. The third-order valence-electron chi connectivity index (χ3n) is 5.39. The van der Waals surface area contributed by atoms with Gasteiger partial charge in [0.1, 0.15) is 11.6 Å². The normalized spacial score (nSPS) is 15.4. The Morgan fingerprint density at radius 1 is 1.19 bits per heavy atom. The number of ether oxygens (including phenoxy) is 1. The molecule has 1 heterocycles. The van der Waals surface area contributed by atoms with Crippen LogP contribution in [0.3, 0.4) is 0 Å². The van der Waals surface area contributed by atoms with Gasteiger partial charge in [0.2, 0.25) is 0 Å². The minimum absolute atomic E-state index is 0. The Labute approximate surface area is 195 Å². The molecule has 2 aromatic carbocycles. The van der Waals surface area contributed by atoms with Gasteiger partial charge >= 0.3 is 5.97 Å². The lowest BCUT2D eigenvalue weighted by Crippen LogP contribution is -2.43. The summed E-state index contributed by atoms with van der Waals surface area (Å²) < 4.78 is 5.73. The van der Waals surface area contributed by atoms with Gasteiger partial charge in [-0.3, -0.25) is 10.3 Å². The standard InChI is InChI=1S/C23H31N5O3.ClH/c1-3-31-20-13-16(15-28-10-8-27(2)9-11-28)12-18(14-20)21(23(29)30)26-19-6-4-17(5-7-19)22(24)25;/h4-7,12-14,21,26H,3,8-11,15H2,1-2H3,(H3,24,25)(H,29,30);1H. The number of benzene rings is 2. The molecule has 0 radical (unpaired) electrons. The molecule has 0 bridgehead atoms. The van der Waals surface area contributed by atoms with Gasteiger partial charge in [0.25, 0.3) is 0 Å². The van der Waals surface area contributed by atoms with Gasteiger partial charge in [-0.2, -0.15) is 0 Å². The number of carbonyl (C=O) groups is 1. The van der Waals surface area contributed by atoms with Crippen molar-refractivity contribution in [3.63, 3.8) is 0 Å². The van der Waals surface area contributed by atoms with Crippen LogP contribution in [-0.4, -0.2) is 66.5 Å². The van der Waals surface area contributed by atoms with Crippen molar-refractivity contribution in [1.82, 2.24) is 9.80 Å². The highest BCUT2D eigenvalue weighted by Gasteiger charge is 2.22. The van der Waals surface area contributed by atoms with E-state index in [1.807, 2.05) is 19.1 Å². The monoisotopic (exact) mass is 461 g/mol. The first-order chi connectivity index (χ1) is 14.9. The molecule has 0 spiro atoms. The molecule has 0 aromatic heterocycles. The summed E-state index contributed by atoms with van der Waals surface area (Å²) in [6, 6.07) is 11.6. The summed E-state index contributed by atoms with van der Waals surface area (Å²) in [7, 11) is 2.12. The lowest BCUT2D eigenvalue weighted by atomic mass is 10.0. The number of anilines is 1. The molecule has 32 heavy (non-hydrogen) atoms. The molecule has 174 valence electrons. The number of amidine groups is 1. The van der Waals surface area contributed by atoms with E-state index in [4.69, 9.17) is 15.9 Å². The zero-order chi connectivity index (χ0) is 22.4. The second-order valence-corrected chi connectivity index (χ2v) is 7.83. The Bertz CT molecular complexity index is 914. The fraction of sp³-hybridized carbons (Fsp3) is 0.391. The number of hydrogen-bond acceptors (Lipinski definition) is 6. The highest BCUT2D eigenvalue weighted by molar-refractivity contribution is 5.95. The molecule has 0 aliphatic carbocycles. The van der Waals surface area contributed by atoms with Gasteiger partial charge in [-0.25, -0.2) is 4.79 Å². The van der Waals surface area contributed by atoms with Gasteiger partial charge in [-0.15, -0.1) is 12.4 Å². The summed E-state index contributed by atoms with van der Waals surface area (Å²) >= 11 is 0. The maximum absolute atomic E-state index is 12.1.